The van der Waals surface area contributed by atoms with E-state index in [0.29, 0.717) is 0 Å². The van der Waals surface area contributed by atoms with Crippen LogP contribution in [0.1, 0.15) is 12.0 Å². The van der Waals surface area contributed by atoms with Crippen molar-refractivity contribution < 1.29 is 4.74 Å². The maximum Gasteiger partial charge on any atom is 0.0499 e. The van der Waals surface area contributed by atoms with Gasteiger partial charge in [-0.3, -0.25) is 0 Å². The summed E-state index contributed by atoms with van der Waals surface area (Å²) in [7, 11) is 1.80. The number of methoxy groups -OCH3 is 1. The van der Waals surface area contributed by atoms with Gasteiger partial charge in [-0.1, -0.05) is 36.4 Å². The summed E-state index contributed by atoms with van der Waals surface area (Å²) in [5.74, 6) is 2.49. The molecular weight excluding hydrogens is 184 g/mol. The van der Waals surface area contributed by atoms with Crippen LogP contribution in [0.4, 0.5) is 0 Å². The Kier molecular flexibility index (Phi) is 2.14. The molecule has 0 heterocycles. The zero-order valence-corrected chi connectivity index (χ0v) is 9.02. The van der Waals surface area contributed by atoms with Crippen LogP contribution in [0.2, 0.25) is 0 Å². The monoisotopic (exact) mass is 200 g/mol. The second-order valence-corrected chi connectivity index (χ2v) is 4.62. The SMILES string of the molecule is COC[C@@H]1[C@H]2C=C(c3ccccc3)C[C@H]21. The molecule has 0 radical (unpaired) electrons. The first-order valence-corrected chi connectivity index (χ1v) is 5.65. The maximum absolute atomic E-state index is 5.21. The summed E-state index contributed by atoms with van der Waals surface area (Å²) in [4.78, 5) is 0. The lowest BCUT2D eigenvalue weighted by Gasteiger charge is -2.06. The molecule has 0 N–H and O–H groups in total. The molecule has 1 nitrogen and oxygen atoms in total. The molecule has 0 bridgehead atoms. The van der Waals surface area contributed by atoms with Gasteiger partial charge in [-0.2, -0.15) is 0 Å². The zero-order valence-electron chi connectivity index (χ0n) is 9.02. The molecule has 3 atom stereocenters. The van der Waals surface area contributed by atoms with Crippen LogP contribution in [0.25, 0.3) is 5.57 Å². The predicted octanol–water partition coefficient (Wildman–Crippen LogP) is 2.98. The van der Waals surface area contributed by atoms with Gasteiger partial charge in [0.2, 0.25) is 0 Å². The molecular formula is C14H16O. The van der Waals surface area contributed by atoms with Gasteiger partial charge in [-0.05, 0) is 35.3 Å². The summed E-state index contributed by atoms with van der Waals surface area (Å²) >= 11 is 0. The molecule has 1 fully saturated rings. The molecule has 2 aliphatic carbocycles. The number of rotatable bonds is 3. The third-order valence-electron chi connectivity index (χ3n) is 3.75. The Balaban J connectivity index is 1.73. The molecule has 0 spiro atoms. The van der Waals surface area contributed by atoms with Crippen LogP contribution < -0.4 is 0 Å². The highest BCUT2D eigenvalue weighted by atomic mass is 16.5. The highest BCUT2D eigenvalue weighted by molar-refractivity contribution is 5.69. The van der Waals surface area contributed by atoms with Gasteiger partial charge in [0.25, 0.3) is 0 Å². The topological polar surface area (TPSA) is 9.23 Å². The van der Waals surface area contributed by atoms with Gasteiger partial charge in [-0.25, -0.2) is 0 Å². The molecule has 1 saturated carbocycles. The summed E-state index contributed by atoms with van der Waals surface area (Å²) in [5, 5.41) is 0. The largest absolute Gasteiger partial charge is 0.384 e. The molecule has 0 saturated heterocycles. The summed E-state index contributed by atoms with van der Waals surface area (Å²) < 4.78 is 5.21. The second kappa shape index (κ2) is 3.49. The van der Waals surface area contributed by atoms with Crippen molar-refractivity contribution >= 4 is 5.57 Å². The van der Waals surface area contributed by atoms with E-state index in [2.05, 4.69) is 36.4 Å². The molecule has 3 rings (SSSR count). The Morgan fingerprint density at radius 2 is 2.07 bits per heavy atom. The van der Waals surface area contributed by atoms with Gasteiger partial charge >= 0.3 is 0 Å². The van der Waals surface area contributed by atoms with E-state index in [1.54, 1.807) is 7.11 Å². The summed E-state index contributed by atoms with van der Waals surface area (Å²) in [6.07, 6.45) is 3.71. The normalized spacial score (nSPS) is 32.3. The van der Waals surface area contributed by atoms with Crippen LogP contribution in [-0.4, -0.2) is 13.7 Å². The maximum atomic E-state index is 5.21. The molecule has 1 aromatic carbocycles. The minimum atomic E-state index is 0.806. The van der Waals surface area contributed by atoms with Gasteiger partial charge in [-0.15, -0.1) is 0 Å². The lowest BCUT2D eigenvalue weighted by atomic mass is 10.0. The van der Waals surface area contributed by atoms with E-state index in [1.807, 2.05) is 0 Å². The van der Waals surface area contributed by atoms with E-state index < -0.39 is 0 Å². The third-order valence-corrected chi connectivity index (χ3v) is 3.75. The van der Waals surface area contributed by atoms with E-state index in [4.69, 9.17) is 4.74 Å². The van der Waals surface area contributed by atoms with Crippen LogP contribution in [-0.2, 0) is 4.74 Å². The first-order valence-electron chi connectivity index (χ1n) is 5.65. The van der Waals surface area contributed by atoms with Crippen molar-refractivity contribution in [1.82, 2.24) is 0 Å². The summed E-state index contributed by atoms with van der Waals surface area (Å²) in [6, 6.07) is 10.7. The summed E-state index contributed by atoms with van der Waals surface area (Å²) in [6.45, 7) is 0.938. The average Bonchev–Trinajstić information content (AvgIpc) is 2.77. The number of hydrogen-bond acceptors (Lipinski definition) is 1. The van der Waals surface area contributed by atoms with Crippen molar-refractivity contribution in [3.8, 4) is 0 Å². The van der Waals surface area contributed by atoms with Crippen LogP contribution in [0.3, 0.4) is 0 Å². The van der Waals surface area contributed by atoms with Crippen molar-refractivity contribution in [2.24, 2.45) is 17.8 Å². The smallest absolute Gasteiger partial charge is 0.0499 e. The van der Waals surface area contributed by atoms with E-state index in [1.165, 1.54) is 17.6 Å². The second-order valence-electron chi connectivity index (χ2n) is 4.62. The van der Waals surface area contributed by atoms with Crippen molar-refractivity contribution in [3.05, 3.63) is 42.0 Å². The third kappa shape index (κ3) is 1.51. The highest BCUT2D eigenvalue weighted by Crippen LogP contribution is 2.57. The lowest BCUT2D eigenvalue weighted by Crippen LogP contribution is -1.96. The van der Waals surface area contributed by atoms with E-state index in [0.717, 1.165) is 24.4 Å². The molecule has 78 valence electrons. The molecule has 0 unspecified atom stereocenters. The number of fused-ring (bicyclic) bond motifs is 1. The van der Waals surface area contributed by atoms with Crippen molar-refractivity contribution in [1.29, 1.82) is 0 Å². The van der Waals surface area contributed by atoms with Crippen molar-refractivity contribution in [2.45, 2.75) is 6.42 Å². The van der Waals surface area contributed by atoms with E-state index in [9.17, 15) is 0 Å². The Morgan fingerprint density at radius 3 is 2.67 bits per heavy atom. The lowest BCUT2D eigenvalue weighted by molar-refractivity contribution is 0.178. The van der Waals surface area contributed by atoms with Crippen LogP contribution >= 0.6 is 0 Å². The van der Waals surface area contributed by atoms with E-state index in [-0.39, 0.29) is 0 Å². The zero-order chi connectivity index (χ0) is 10.3. The fraction of sp³-hybridized carbons (Fsp3) is 0.429. The van der Waals surface area contributed by atoms with Gasteiger partial charge in [0.05, 0.1) is 0 Å². The average molecular weight is 200 g/mol. The predicted molar refractivity (Wildman–Crippen MR) is 61.4 cm³/mol. The molecule has 0 aromatic heterocycles. The molecule has 1 aromatic rings. The molecule has 0 amide bonds. The standard InChI is InChI=1S/C14H16O/c1-15-9-14-12-7-11(8-13(12)14)10-5-3-2-4-6-10/h2-7,12-14H,8-9H2,1H3/t12-,13+,14+/m0/s1. The quantitative estimate of drug-likeness (QED) is 0.729. The van der Waals surface area contributed by atoms with Gasteiger partial charge in [0, 0.05) is 13.7 Å². The van der Waals surface area contributed by atoms with Gasteiger partial charge in [0.1, 0.15) is 0 Å². The minimum Gasteiger partial charge on any atom is -0.384 e. The first-order chi connectivity index (χ1) is 7.40. The number of ether oxygens (including phenoxy) is 1. The van der Waals surface area contributed by atoms with Crippen LogP contribution in [0.15, 0.2) is 36.4 Å². The van der Waals surface area contributed by atoms with E-state index >= 15 is 0 Å². The Hall–Kier alpha value is -1.08. The first kappa shape index (κ1) is 9.17. The molecule has 15 heavy (non-hydrogen) atoms. The van der Waals surface area contributed by atoms with Crippen LogP contribution in [0.5, 0.6) is 0 Å². The Labute approximate surface area is 90.8 Å². The number of hydrogen-bond donors (Lipinski definition) is 0. The fourth-order valence-corrected chi connectivity index (χ4v) is 2.86. The number of benzene rings is 1. The Morgan fingerprint density at radius 1 is 1.27 bits per heavy atom. The highest BCUT2D eigenvalue weighted by Gasteiger charge is 2.51. The van der Waals surface area contributed by atoms with Gasteiger partial charge < -0.3 is 4.74 Å². The minimum absolute atomic E-state index is 0.806. The van der Waals surface area contributed by atoms with Crippen LogP contribution in [0, 0.1) is 17.8 Å². The molecule has 0 aliphatic heterocycles. The Bertz CT molecular complexity index is 380. The molecule has 2 aliphatic rings. The molecule has 1 heteroatoms. The van der Waals surface area contributed by atoms with Gasteiger partial charge in [0.15, 0.2) is 0 Å². The summed E-state index contributed by atoms with van der Waals surface area (Å²) in [5.41, 5.74) is 2.94. The fourth-order valence-electron chi connectivity index (χ4n) is 2.86. The number of allylic oxidation sites excluding steroid dienone is 2. The van der Waals surface area contributed by atoms with Crippen molar-refractivity contribution in [2.75, 3.05) is 13.7 Å². The van der Waals surface area contributed by atoms with Crippen molar-refractivity contribution in [3.63, 3.8) is 0 Å².